The molecule has 0 spiro atoms. The molecule has 2 amide bonds. The number of hydrogen-bond acceptors (Lipinski definition) is 6. The first-order chi connectivity index (χ1) is 20.7. The fourth-order valence-electron chi connectivity index (χ4n) is 5.38. The first-order valence-electron chi connectivity index (χ1n) is 14.6. The molecule has 9 heteroatoms. The Morgan fingerprint density at radius 2 is 1.07 bits per heavy atom. The fraction of sp³-hybridized carbons (Fsp3) is 0.400. The monoisotopic (exact) mass is 716 g/mol. The molecule has 44 heavy (non-hydrogen) atoms. The van der Waals surface area contributed by atoms with E-state index in [2.05, 4.69) is 10.6 Å². The van der Waals surface area contributed by atoms with Crippen molar-refractivity contribution in [3.05, 3.63) is 90.5 Å². The van der Waals surface area contributed by atoms with Gasteiger partial charge in [0.15, 0.2) is 0 Å². The molecular formula is C35H45IN2O6. The van der Waals surface area contributed by atoms with E-state index in [9.17, 15) is 14.4 Å². The third-order valence-corrected chi connectivity index (χ3v) is 10.8. The van der Waals surface area contributed by atoms with Crippen molar-refractivity contribution in [3.8, 4) is 11.5 Å². The summed E-state index contributed by atoms with van der Waals surface area (Å²) in [5.41, 5.74) is 7.28. The van der Waals surface area contributed by atoms with E-state index in [0.29, 0.717) is 22.6 Å². The summed E-state index contributed by atoms with van der Waals surface area (Å²) in [6.07, 6.45) is -0.753. The van der Waals surface area contributed by atoms with Gasteiger partial charge in [-0.3, -0.25) is 0 Å². The normalized spacial score (nSPS) is 12.5. The second-order valence-electron chi connectivity index (χ2n) is 11.4. The Hall–Kier alpha value is -3.60. The third-order valence-electron chi connectivity index (χ3n) is 6.98. The van der Waals surface area contributed by atoms with Crippen molar-refractivity contribution in [1.29, 1.82) is 0 Å². The van der Waals surface area contributed by atoms with Crippen molar-refractivity contribution in [2.24, 2.45) is 0 Å². The van der Waals surface area contributed by atoms with Crippen LogP contribution in [0.25, 0.3) is 0 Å². The van der Waals surface area contributed by atoms with Gasteiger partial charge in [0.25, 0.3) is 0 Å². The number of hydrogen-bond donors (Lipinski definition) is 2. The summed E-state index contributed by atoms with van der Waals surface area (Å²) in [4.78, 5) is 39.8. The summed E-state index contributed by atoms with van der Waals surface area (Å²) in [6, 6.07) is 13.5. The minimum atomic E-state index is -2.51. The zero-order valence-electron chi connectivity index (χ0n) is 27.4. The van der Waals surface area contributed by atoms with Gasteiger partial charge < -0.3 is 0 Å². The number of alkyl halides is 1. The molecule has 3 aromatic rings. The van der Waals surface area contributed by atoms with Gasteiger partial charge in [-0.15, -0.1) is 0 Å². The van der Waals surface area contributed by atoms with Crippen LogP contribution in [0.4, 0.5) is 0 Å². The van der Waals surface area contributed by atoms with Crippen LogP contribution in [0.15, 0.2) is 42.5 Å². The van der Waals surface area contributed by atoms with Crippen molar-refractivity contribution in [1.82, 2.24) is 10.6 Å². The van der Waals surface area contributed by atoms with E-state index in [-0.39, 0.29) is 43.1 Å². The number of carbonyl (C=O) groups excluding carboxylic acids is 3. The molecule has 0 heterocycles. The van der Waals surface area contributed by atoms with E-state index < -0.39 is 20.2 Å². The molecule has 2 atom stereocenters. The van der Waals surface area contributed by atoms with Crippen LogP contribution in [0.2, 0.25) is 0 Å². The van der Waals surface area contributed by atoms with Crippen molar-refractivity contribution in [3.63, 3.8) is 0 Å². The van der Waals surface area contributed by atoms with Crippen LogP contribution in [0.3, 0.4) is 0 Å². The van der Waals surface area contributed by atoms with Crippen molar-refractivity contribution >= 4 is 38.0 Å². The Kier molecular flexibility index (Phi) is 12.2. The Balaban J connectivity index is 1.74. The quantitative estimate of drug-likeness (QED) is 0.160. The van der Waals surface area contributed by atoms with Crippen molar-refractivity contribution in [2.75, 3.05) is 18.0 Å². The standard InChI is InChI=1S/C35H45IN2O6/c1-20-14-22(3)31(23(4)15-20)34(40)37-18-26(7)42-29-12-11-13-30(33(29)36(10)44-28(9)39)43-27(8)19-38-35(41)32-24(5)16-21(2)17-25(32)6/h11-17,26-27H,18-19H2,1-10H3,(H,37,40)(H,38,41)/t26-,27-/m0/s1. The summed E-state index contributed by atoms with van der Waals surface area (Å²) >= 11 is -2.51. The molecule has 0 aliphatic rings. The van der Waals surface area contributed by atoms with E-state index in [0.717, 1.165) is 37.0 Å². The molecule has 0 aromatic heterocycles. The molecule has 0 aliphatic heterocycles. The molecule has 0 bridgehead atoms. The SMILES string of the molecule is CC(=O)OI(C)c1c(O[C@@H](C)CNC(=O)c2c(C)cc(C)cc2C)cccc1O[C@@H](C)CNC(=O)c1c(C)cc(C)cc1C. The zero-order valence-corrected chi connectivity index (χ0v) is 29.6. The molecular weight excluding hydrogens is 671 g/mol. The van der Waals surface area contributed by atoms with Crippen molar-refractivity contribution in [2.45, 2.75) is 74.5 Å². The maximum absolute atomic E-state index is 13.0. The molecule has 2 N–H and O–H groups in total. The number of halogens is 1. The molecule has 3 aromatic carbocycles. The molecule has 3 rings (SSSR count). The Labute approximate surface area is 269 Å². The predicted octanol–water partition coefficient (Wildman–Crippen LogP) is 6.72. The van der Waals surface area contributed by atoms with Gasteiger partial charge in [-0.2, -0.15) is 0 Å². The average Bonchev–Trinajstić information content (AvgIpc) is 2.89. The van der Waals surface area contributed by atoms with E-state index in [1.807, 2.05) is 103 Å². The van der Waals surface area contributed by atoms with Crippen LogP contribution in [-0.2, 0) is 7.86 Å². The number of aryl methyl sites for hydroxylation is 6. The number of nitrogens with one attached hydrogen (secondary N) is 2. The van der Waals surface area contributed by atoms with Gasteiger partial charge in [0.2, 0.25) is 0 Å². The molecule has 0 saturated carbocycles. The van der Waals surface area contributed by atoms with Crippen LogP contribution in [-0.4, -0.2) is 48.0 Å². The molecule has 0 fully saturated rings. The van der Waals surface area contributed by atoms with E-state index in [1.54, 1.807) is 0 Å². The molecule has 0 saturated heterocycles. The third kappa shape index (κ3) is 9.20. The number of ether oxygens (including phenoxy) is 2. The second kappa shape index (κ2) is 15.4. The van der Waals surface area contributed by atoms with Crippen LogP contribution >= 0.6 is 20.2 Å². The summed E-state index contributed by atoms with van der Waals surface area (Å²) < 4.78 is 19.0. The molecule has 0 radical (unpaired) electrons. The first kappa shape index (κ1) is 34.9. The Morgan fingerprint density at radius 1 is 0.705 bits per heavy atom. The van der Waals surface area contributed by atoms with Gasteiger partial charge in [0, 0.05) is 0 Å². The number of rotatable bonds is 12. The van der Waals surface area contributed by atoms with Gasteiger partial charge in [-0.1, -0.05) is 0 Å². The van der Waals surface area contributed by atoms with E-state index in [4.69, 9.17) is 12.5 Å². The van der Waals surface area contributed by atoms with Crippen LogP contribution in [0.1, 0.15) is 74.9 Å². The van der Waals surface area contributed by atoms with Crippen LogP contribution < -0.4 is 20.1 Å². The second-order valence-corrected chi connectivity index (χ2v) is 15.3. The predicted molar refractivity (Wildman–Crippen MR) is 183 cm³/mol. The zero-order chi connectivity index (χ0) is 32.7. The Bertz CT molecular complexity index is 1390. The van der Waals surface area contributed by atoms with Gasteiger partial charge in [0.1, 0.15) is 0 Å². The van der Waals surface area contributed by atoms with E-state index >= 15 is 0 Å². The molecule has 0 unspecified atom stereocenters. The first-order valence-corrected chi connectivity index (χ1v) is 18.8. The summed E-state index contributed by atoms with van der Waals surface area (Å²) in [6.45, 7) is 17.5. The maximum atomic E-state index is 13.0. The topological polar surface area (TPSA) is 103 Å². The molecule has 238 valence electrons. The number of carbonyl (C=O) groups is 3. The van der Waals surface area contributed by atoms with Gasteiger partial charge in [-0.05, 0) is 0 Å². The summed E-state index contributed by atoms with van der Waals surface area (Å²) in [7, 11) is 0. The number of amides is 2. The minimum absolute atomic E-state index is 0.150. The molecule has 0 aliphatic carbocycles. The van der Waals surface area contributed by atoms with Crippen LogP contribution in [0.5, 0.6) is 11.5 Å². The summed E-state index contributed by atoms with van der Waals surface area (Å²) in [5, 5.41) is 5.98. The summed E-state index contributed by atoms with van der Waals surface area (Å²) in [5.74, 6) is 0.421. The van der Waals surface area contributed by atoms with Crippen molar-refractivity contribution < 1.29 is 26.9 Å². The Morgan fingerprint density at radius 3 is 1.41 bits per heavy atom. The van der Waals surface area contributed by atoms with Crippen LogP contribution in [0, 0.1) is 45.1 Å². The van der Waals surface area contributed by atoms with Gasteiger partial charge >= 0.3 is 270 Å². The number of benzene rings is 3. The average molecular weight is 717 g/mol. The van der Waals surface area contributed by atoms with E-state index in [1.165, 1.54) is 6.92 Å². The van der Waals surface area contributed by atoms with Gasteiger partial charge in [-0.25, -0.2) is 0 Å². The van der Waals surface area contributed by atoms with Gasteiger partial charge in [0.05, 0.1) is 0 Å². The fourth-order valence-corrected chi connectivity index (χ4v) is 8.64. The molecule has 8 nitrogen and oxygen atoms in total.